The Morgan fingerprint density at radius 3 is 2.71 bits per heavy atom. The van der Waals surface area contributed by atoms with Gasteiger partial charge in [0.2, 0.25) is 5.91 Å². The highest BCUT2D eigenvalue weighted by molar-refractivity contribution is 5.80. The molecule has 1 saturated carbocycles. The largest absolute Gasteiger partial charge is 0.356 e. The van der Waals surface area contributed by atoms with Gasteiger partial charge in [-0.25, -0.2) is 9.50 Å². The molecule has 1 saturated heterocycles. The van der Waals surface area contributed by atoms with Crippen molar-refractivity contribution in [1.82, 2.24) is 24.7 Å². The summed E-state index contributed by atoms with van der Waals surface area (Å²) in [5, 5.41) is 8.75. The molecular formula is C21H25N5O2. The van der Waals surface area contributed by atoms with Crippen LogP contribution in [-0.4, -0.2) is 43.7 Å². The molecular weight excluding hydrogens is 354 g/mol. The molecule has 0 N–H and O–H groups in total. The molecule has 4 heterocycles. The summed E-state index contributed by atoms with van der Waals surface area (Å²) in [7, 11) is 0. The summed E-state index contributed by atoms with van der Waals surface area (Å²) in [5.74, 6) is 1.47. The van der Waals surface area contributed by atoms with Crippen molar-refractivity contribution < 1.29 is 9.32 Å². The predicted octanol–water partition coefficient (Wildman–Crippen LogP) is 3.51. The summed E-state index contributed by atoms with van der Waals surface area (Å²) in [4.78, 5) is 19.5. The average Bonchev–Trinajstić information content (AvgIpc) is 3.24. The average molecular weight is 379 g/mol. The molecule has 0 spiro atoms. The van der Waals surface area contributed by atoms with Crippen LogP contribution < -0.4 is 0 Å². The van der Waals surface area contributed by atoms with Gasteiger partial charge in [0.25, 0.3) is 0 Å². The standard InChI is InChI=1S/C21H25N5O2/c1-13-10-19-22-11-17(18-9-14(2)24-28-18)20(26(19)23-13)16-7-4-8-25(12-16)21(27)15-5-3-6-15/h9-11,15-16H,3-8,12H2,1-2H3/t16-/m0/s1. The van der Waals surface area contributed by atoms with Gasteiger partial charge in [-0.1, -0.05) is 11.6 Å². The maximum atomic E-state index is 12.8. The van der Waals surface area contributed by atoms with Crippen LogP contribution in [0.1, 0.15) is 55.1 Å². The first-order valence-corrected chi connectivity index (χ1v) is 10.2. The number of piperidine rings is 1. The highest BCUT2D eigenvalue weighted by atomic mass is 16.5. The molecule has 2 aliphatic rings. The van der Waals surface area contributed by atoms with E-state index in [4.69, 9.17) is 9.62 Å². The first-order valence-electron chi connectivity index (χ1n) is 10.2. The summed E-state index contributed by atoms with van der Waals surface area (Å²) in [6.07, 6.45) is 7.15. The number of likely N-dealkylation sites (tertiary alicyclic amines) is 1. The molecule has 0 bridgehead atoms. The van der Waals surface area contributed by atoms with E-state index in [0.29, 0.717) is 11.7 Å². The van der Waals surface area contributed by atoms with Gasteiger partial charge in [-0.15, -0.1) is 0 Å². The van der Waals surface area contributed by atoms with E-state index < -0.39 is 0 Å². The van der Waals surface area contributed by atoms with Crippen molar-refractivity contribution in [2.24, 2.45) is 5.92 Å². The number of carbonyl (C=O) groups is 1. The van der Waals surface area contributed by atoms with Gasteiger partial charge in [-0.2, -0.15) is 5.10 Å². The molecule has 7 nitrogen and oxygen atoms in total. The Bertz CT molecular complexity index is 1030. The molecule has 146 valence electrons. The van der Waals surface area contributed by atoms with E-state index in [1.165, 1.54) is 6.42 Å². The number of fused-ring (bicyclic) bond motifs is 1. The Kier molecular flexibility index (Phi) is 4.18. The molecule has 3 aromatic rings. The number of nitrogens with zero attached hydrogens (tertiary/aromatic N) is 5. The number of aryl methyl sites for hydroxylation is 2. The van der Waals surface area contributed by atoms with Crippen molar-refractivity contribution in [2.75, 3.05) is 13.1 Å². The van der Waals surface area contributed by atoms with Crippen LogP contribution in [0, 0.1) is 19.8 Å². The van der Waals surface area contributed by atoms with Crippen LogP contribution in [-0.2, 0) is 4.79 Å². The summed E-state index contributed by atoms with van der Waals surface area (Å²) < 4.78 is 7.50. The Balaban J connectivity index is 1.57. The van der Waals surface area contributed by atoms with E-state index in [9.17, 15) is 4.79 Å². The zero-order valence-corrected chi connectivity index (χ0v) is 16.4. The van der Waals surface area contributed by atoms with Crippen molar-refractivity contribution in [3.8, 4) is 11.3 Å². The summed E-state index contributed by atoms with van der Waals surface area (Å²) >= 11 is 0. The van der Waals surface area contributed by atoms with E-state index in [0.717, 1.165) is 67.1 Å². The van der Waals surface area contributed by atoms with Gasteiger partial charge < -0.3 is 9.42 Å². The maximum Gasteiger partial charge on any atom is 0.225 e. The Labute approximate surface area is 163 Å². The summed E-state index contributed by atoms with van der Waals surface area (Å²) in [5.41, 5.74) is 4.58. The van der Waals surface area contributed by atoms with Crippen molar-refractivity contribution in [3.63, 3.8) is 0 Å². The minimum atomic E-state index is 0.197. The van der Waals surface area contributed by atoms with E-state index in [2.05, 4.69) is 15.0 Å². The fourth-order valence-electron chi connectivity index (χ4n) is 4.45. The molecule has 1 aliphatic heterocycles. The van der Waals surface area contributed by atoms with Crippen LogP contribution in [0.4, 0.5) is 0 Å². The Hall–Kier alpha value is -2.70. The SMILES string of the molecule is Cc1cc(-c2cnc3cc(C)nn3c2[C@H]2CCCN(C(=O)C3CCC3)C2)on1. The third-order valence-corrected chi connectivity index (χ3v) is 6.11. The van der Waals surface area contributed by atoms with Crippen LogP contribution in [0.3, 0.4) is 0 Å². The lowest BCUT2D eigenvalue weighted by Crippen LogP contribution is -2.44. The third kappa shape index (κ3) is 2.89. The van der Waals surface area contributed by atoms with Crippen LogP contribution in [0.5, 0.6) is 0 Å². The first kappa shape index (κ1) is 17.4. The number of hydrogen-bond acceptors (Lipinski definition) is 5. The third-order valence-electron chi connectivity index (χ3n) is 6.11. The number of amides is 1. The van der Waals surface area contributed by atoms with Gasteiger partial charge in [0.15, 0.2) is 11.4 Å². The normalized spacial score (nSPS) is 20.5. The van der Waals surface area contributed by atoms with Gasteiger partial charge in [0, 0.05) is 43.3 Å². The fraction of sp³-hybridized carbons (Fsp3) is 0.524. The second-order valence-electron chi connectivity index (χ2n) is 8.20. The van der Waals surface area contributed by atoms with E-state index in [1.54, 1.807) is 0 Å². The smallest absolute Gasteiger partial charge is 0.225 e. The Morgan fingerprint density at radius 2 is 2.00 bits per heavy atom. The molecule has 0 unspecified atom stereocenters. The zero-order chi connectivity index (χ0) is 19.3. The van der Waals surface area contributed by atoms with Crippen molar-refractivity contribution in [2.45, 2.75) is 51.9 Å². The number of aromatic nitrogens is 4. The van der Waals surface area contributed by atoms with Crippen molar-refractivity contribution >= 4 is 11.6 Å². The molecule has 0 aromatic carbocycles. The van der Waals surface area contributed by atoms with Gasteiger partial charge in [-0.3, -0.25) is 4.79 Å². The van der Waals surface area contributed by atoms with Crippen LogP contribution >= 0.6 is 0 Å². The summed E-state index contributed by atoms with van der Waals surface area (Å²) in [6.45, 7) is 5.47. The molecule has 5 rings (SSSR count). The van der Waals surface area contributed by atoms with E-state index in [1.807, 2.05) is 36.7 Å². The van der Waals surface area contributed by atoms with E-state index >= 15 is 0 Å². The summed E-state index contributed by atoms with van der Waals surface area (Å²) in [6, 6.07) is 3.92. The molecule has 1 amide bonds. The molecule has 1 aliphatic carbocycles. The van der Waals surface area contributed by atoms with Gasteiger partial charge >= 0.3 is 0 Å². The fourth-order valence-corrected chi connectivity index (χ4v) is 4.45. The molecule has 28 heavy (non-hydrogen) atoms. The zero-order valence-electron chi connectivity index (χ0n) is 16.4. The van der Waals surface area contributed by atoms with Crippen LogP contribution in [0.25, 0.3) is 17.0 Å². The van der Waals surface area contributed by atoms with Crippen molar-refractivity contribution in [3.05, 3.63) is 35.4 Å². The first-order chi connectivity index (χ1) is 13.6. The van der Waals surface area contributed by atoms with Crippen LogP contribution in [0.2, 0.25) is 0 Å². The number of rotatable bonds is 3. The van der Waals surface area contributed by atoms with Gasteiger partial charge in [0.05, 0.1) is 22.6 Å². The highest BCUT2D eigenvalue weighted by Crippen LogP contribution is 2.36. The van der Waals surface area contributed by atoms with Gasteiger partial charge in [0.1, 0.15) is 0 Å². The molecule has 1 atom stereocenters. The molecule has 3 aromatic heterocycles. The lowest BCUT2D eigenvalue weighted by atomic mass is 9.83. The molecule has 2 fully saturated rings. The minimum Gasteiger partial charge on any atom is -0.356 e. The molecule has 7 heteroatoms. The number of carbonyl (C=O) groups excluding carboxylic acids is 1. The minimum absolute atomic E-state index is 0.197. The van der Waals surface area contributed by atoms with E-state index in [-0.39, 0.29) is 11.8 Å². The monoisotopic (exact) mass is 379 g/mol. The Morgan fingerprint density at radius 1 is 1.14 bits per heavy atom. The maximum absolute atomic E-state index is 12.8. The number of hydrogen-bond donors (Lipinski definition) is 0. The quantitative estimate of drug-likeness (QED) is 0.696. The second-order valence-corrected chi connectivity index (χ2v) is 8.20. The van der Waals surface area contributed by atoms with Crippen LogP contribution in [0.15, 0.2) is 22.9 Å². The predicted molar refractivity (Wildman–Crippen MR) is 104 cm³/mol. The highest BCUT2D eigenvalue weighted by Gasteiger charge is 2.34. The second kappa shape index (κ2) is 6.72. The topological polar surface area (TPSA) is 76.5 Å². The lowest BCUT2D eigenvalue weighted by Gasteiger charge is -2.37. The molecule has 0 radical (unpaired) electrons. The van der Waals surface area contributed by atoms with Crippen molar-refractivity contribution in [1.29, 1.82) is 0 Å². The lowest BCUT2D eigenvalue weighted by molar-refractivity contribution is -0.139. The van der Waals surface area contributed by atoms with Gasteiger partial charge in [-0.05, 0) is 39.5 Å².